The van der Waals surface area contributed by atoms with Crippen LogP contribution in [0.2, 0.25) is 0 Å². The zero-order valence-corrected chi connectivity index (χ0v) is 12.9. The van der Waals surface area contributed by atoms with Crippen LogP contribution in [0.4, 0.5) is 0 Å². The maximum atomic E-state index is 12.0. The minimum atomic E-state index is -0.0649. The molecule has 0 atom stereocenters. The molecule has 0 aliphatic carbocycles. The summed E-state index contributed by atoms with van der Waals surface area (Å²) in [5, 5.41) is 2.96. The second kappa shape index (κ2) is 6.29. The smallest absolute Gasteiger partial charge is 0.251 e. The van der Waals surface area contributed by atoms with Gasteiger partial charge in [-0.15, -0.1) is 0 Å². The Bertz CT molecular complexity index is 418. The Kier molecular flexibility index (Phi) is 5.28. The fourth-order valence-electron chi connectivity index (χ4n) is 1.88. The molecule has 0 saturated heterocycles. The minimum Gasteiger partial charge on any atom is -0.351 e. The number of carbonyl (C=O) groups excluding carboxylic acids is 1. The summed E-state index contributed by atoms with van der Waals surface area (Å²) in [5.41, 5.74) is 0.668. The molecule has 0 unspecified atom stereocenters. The van der Waals surface area contributed by atoms with Gasteiger partial charge in [-0.3, -0.25) is 4.79 Å². The van der Waals surface area contributed by atoms with Gasteiger partial charge >= 0.3 is 0 Å². The normalized spacial score (nSPS) is 11.7. The first-order valence-electron chi connectivity index (χ1n) is 5.85. The lowest BCUT2D eigenvalue weighted by Gasteiger charge is -2.28. The van der Waals surface area contributed by atoms with E-state index in [0.717, 1.165) is 6.54 Å². The van der Waals surface area contributed by atoms with Crippen LogP contribution in [-0.4, -0.2) is 43.0 Å². The van der Waals surface area contributed by atoms with Crippen molar-refractivity contribution in [2.45, 2.75) is 13.8 Å². The van der Waals surface area contributed by atoms with Gasteiger partial charge in [0.05, 0.1) is 0 Å². The first kappa shape index (κ1) is 15.1. The van der Waals surface area contributed by atoms with Crippen molar-refractivity contribution < 1.29 is 4.79 Å². The lowest BCUT2D eigenvalue weighted by molar-refractivity contribution is 0.0929. The number of nitrogens with zero attached hydrogens (tertiary/aromatic N) is 2. The average Bonchev–Trinajstić information content (AvgIpc) is 2.24. The van der Waals surface area contributed by atoms with Crippen molar-refractivity contribution in [3.05, 3.63) is 28.5 Å². The van der Waals surface area contributed by atoms with Crippen molar-refractivity contribution in [3.8, 4) is 0 Å². The van der Waals surface area contributed by atoms with E-state index in [-0.39, 0.29) is 11.3 Å². The molecular formula is C13H20BrN3O. The molecule has 0 radical (unpaired) electrons. The van der Waals surface area contributed by atoms with Crippen LogP contribution in [0.1, 0.15) is 24.2 Å². The Morgan fingerprint density at radius 3 is 2.72 bits per heavy atom. The molecule has 100 valence electrons. The van der Waals surface area contributed by atoms with Gasteiger partial charge in [0.15, 0.2) is 0 Å². The SMILES string of the molecule is CN(C)CC(C)(C)CNC(=O)c1ccnc(Br)c1. The number of nitrogens with one attached hydrogen (secondary N) is 1. The van der Waals surface area contributed by atoms with E-state index in [2.05, 4.69) is 45.0 Å². The van der Waals surface area contributed by atoms with Crippen molar-refractivity contribution in [1.82, 2.24) is 15.2 Å². The molecule has 1 N–H and O–H groups in total. The third kappa shape index (κ3) is 5.14. The van der Waals surface area contributed by atoms with Crippen LogP contribution >= 0.6 is 15.9 Å². The van der Waals surface area contributed by atoms with Crippen molar-refractivity contribution >= 4 is 21.8 Å². The van der Waals surface area contributed by atoms with Gasteiger partial charge in [-0.05, 0) is 47.6 Å². The highest BCUT2D eigenvalue weighted by Crippen LogP contribution is 2.15. The third-order valence-corrected chi connectivity index (χ3v) is 2.89. The van der Waals surface area contributed by atoms with Gasteiger partial charge in [-0.1, -0.05) is 13.8 Å². The van der Waals surface area contributed by atoms with Crippen LogP contribution in [0.15, 0.2) is 22.9 Å². The zero-order chi connectivity index (χ0) is 13.8. The number of halogens is 1. The second-order valence-corrected chi connectivity index (χ2v) is 6.26. The molecule has 1 heterocycles. The number of hydrogen-bond acceptors (Lipinski definition) is 3. The fourth-order valence-corrected chi connectivity index (χ4v) is 2.24. The topological polar surface area (TPSA) is 45.2 Å². The molecular weight excluding hydrogens is 294 g/mol. The molecule has 0 aromatic carbocycles. The molecule has 0 spiro atoms. The zero-order valence-electron chi connectivity index (χ0n) is 11.3. The van der Waals surface area contributed by atoms with Crippen LogP contribution in [0.3, 0.4) is 0 Å². The first-order chi connectivity index (χ1) is 8.30. The molecule has 0 saturated carbocycles. The summed E-state index contributed by atoms with van der Waals surface area (Å²) < 4.78 is 0.669. The molecule has 0 aliphatic heterocycles. The van der Waals surface area contributed by atoms with Crippen LogP contribution in [-0.2, 0) is 0 Å². The van der Waals surface area contributed by atoms with Gasteiger partial charge in [-0.2, -0.15) is 0 Å². The molecule has 1 amide bonds. The standard InChI is InChI=1S/C13H20BrN3O/c1-13(2,9-17(3)4)8-16-12(18)10-5-6-15-11(14)7-10/h5-7H,8-9H2,1-4H3,(H,16,18). The van der Waals surface area contributed by atoms with E-state index < -0.39 is 0 Å². The van der Waals surface area contributed by atoms with Gasteiger partial charge in [-0.25, -0.2) is 4.98 Å². The lowest BCUT2D eigenvalue weighted by Crippen LogP contribution is -2.39. The number of rotatable bonds is 5. The van der Waals surface area contributed by atoms with Crippen molar-refractivity contribution in [2.75, 3.05) is 27.2 Å². The maximum Gasteiger partial charge on any atom is 0.251 e. The van der Waals surface area contributed by atoms with E-state index in [1.165, 1.54) is 0 Å². The lowest BCUT2D eigenvalue weighted by atomic mass is 9.93. The maximum absolute atomic E-state index is 12.0. The van der Waals surface area contributed by atoms with E-state index in [1.54, 1.807) is 18.3 Å². The number of pyridine rings is 1. The Hall–Kier alpha value is -0.940. The Morgan fingerprint density at radius 2 is 2.17 bits per heavy atom. The summed E-state index contributed by atoms with van der Waals surface area (Å²) in [7, 11) is 4.06. The summed E-state index contributed by atoms with van der Waals surface area (Å²) in [4.78, 5) is 18.1. The van der Waals surface area contributed by atoms with Gasteiger partial charge in [0.2, 0.25) is 0 Å². The summed E-state index contributed by atoms with van der Waals surface area (Å²) >= 11 is 3.26. The highest BCUT2D eigenvalue weighted by atomic mass is 79.9. The van der Waals surface area contributed by atoms with Gasteiger partial charge < -0.3 is 10.2 Å². The van der Waals surface area contributed by atoms with Gasteiger partial charge in [0, 0.05) is 24.8 Å². The van der Waals surface area contributed by atoms with Crippen molar-refractivity contribution in [2.24, 2.45) is 5.41 Å². The number of hydrogen-bond donors (Lipinski definition) is 1. The molecule has 1 rings (SSSR count). The second-order valence-electron chi connectivity index (χ2n) is 5.45. The van der Waals surface area contributed by atoms with E-state index in [4.69, 9.17) is 0 Å². The number of aromatic nitrogens is 1. The molecule has 0 bridgehead atoms. The van der Waals surface area contributed by atoms with E-state index >= 15 is 0 Å². The van der Waals surface area contributed by atoms with Gasteiger partial charge in [0.25, 0.3) is 5.91 Å². The number of carbonyl (C=O) groups is 1. The summed E-state index contributed by atoms with van der Waals surface area (Å²) in [6.45, 7) is 5.84. The minimum absolute atomic E-state index is 0.0451. The molecule has 5 heteroatoms. The largest absolute Gasteiger partial charge is 0.351 e. The summed E-state index contributed by atoms with van der Waals surface area (Å²) in [6, 6.07) is 3.42. The quantitative estimate of drug-likeness (QED) is 0.847. The van der Waals surface area contributed by atoms with Crippen LogP contribution in [0.5, 0.6) is 0 Å². The Morgan fingerprint density at radius 1 is 1.50 bits per heavy atom. The van der Waals surface area contributed by atoms with Crippen LogP contribution < -0.4 is 5.32 Å². The predicted octanol–water partition coefficient (Wildman–Crippen LogP) is 2.16. The Balaban J connectivity index is 2.56. The fraction of sp³-hybridized carbons (Fsp3) is 0.538. The molecule has 1 aromatic rings. The Labute approximate surface area is 117 Å². The highest BCUT2D eigenvalue weighted by Gasteiger charge is 2.20. The molecule has 0 fully saturated rings. The highest BCUT2D eigenvalue weighted by molar-refractivity contribution is 9.10. The van der Waals surface area contributed by atoms with Crippen molar-refractivity contribution in [3.63, 3.8) is 0 Å². The predicted molar refractivity (Wildman–Crippen MR) is 76.6 cm³/mol. The van der Waals surface area contributed by atoms with Crippen molar-refractivity contribution in [1.29, 1.82) is 0 Å². The van der Waals surface area contributed by atoms with E-state index in [0.29, 0.717) is 16.7 Å². The number of amides is 1. The van der Waals surface area contributed by atoms with Gasteiger partial charge in [0.1, 0.15) is 4.60 Å². The molecule has 4 nitrogen and oxygen atoms in total. The first-order valence-corrected chi connectivity index (χ1v) is 6.64. The molecule has 18 heavy (non-hydrogen) atoms. The third-order valence-electron chi connectivity index (χ3n) is 2.46. The summed E-state index contributed by atoms with van der Waals surface area (Å²) in [6.07, 6.45) is 1.62. The van der Waals surface area contributed by atoms with Crippen LogP contribution in [0, 0.1) is 5.41 Å². The molecule has 0 aliphatic rings. The summed E-state index contributed by atoms with van der Waals surface area (Å²) in [5.74, 6) is -0.0649. The monoisotopic (exact) mass is 313 g/mol. The van der Waals surface area contributed by atoms with E-state index in [9.17, 15) is 4.79 Å². The molecule has 1 aromatic heterocycles. The van der Waals surface area contributed by atoms with E-state index in [1.807, 2.05) is 14.1 Å². The average molecular weight is 314 g/mol. The van der Waals surface area contributed by atoms with Crippen LogP contribution in [0.25, 0.3) is 0 Å².